The maximum Gasteiger partial charge on any atom is 0.207 e. The minimum atomic E-state index is 0.340. The Morgan fingerprint density at radius 3 is 2.59 bits per heavy atom. The van der Waals surface area contributed by atoms with E-state index in [1.165, 1.54) is 0 Å². The monoisotopic (exact) mass is 383 g/mol. The number of benzene rings is 2. The van der Waals surface area contributed by atoms with Crippen molar-refractivity contribution in [1.29, 1.82) is 0 Å². The minimum absolute atomic E-state index is 0.340. The molecule has 0 atom stereocenters. The molecular formula is C21H17N7O. The summed E-state index contributed by atoms with van der Waals surface area (Å²) in [6.45, 7) is 0.380. The highest BCUT2D eigenvalue weighted by Crippen LogP contribution is 2.26. The van der Waals surface area contributed by atoms with Crippen molar-refractivity contribution in [3.63, 3.8) is 0 Å². The van der Waals surface area contributed by atoms with Crippen molar-refractivity contribution in [2.24, 2.45) is 0 Å². The fraction of sp³-hybridized carbons (Fsp3) is 0.0476. The van der Waals surface area contributed by atoms with E-state index in [1.807, 2.05) is 18.2 Å². The summed E-state index contributed by atoms with van der Waals surface area (Å²) in [5, 5.41) is 17.6. The number of hydrogen-bond donors (Lipinski definition) is 3. The SMILES string of the molecule is Nc1cc(OCc2cccc(-c3ccc(-c4ccn[nH]4)cc3)c2)c2n[nH]nc2n1. The van der Waals surface area contributed by atoms with Crippen LogP contribution >= 0.6 is 0 Å². The van der Waals surface area contributed by atoms with Gasteiger partial charge in [-0.15, -0.1) is 5.10 Å². The van der Waals surface area contributed by atoms with Gasteiger partial charge in [-0.25, -0.2) is 4.98 Å². The van der Waals surface area contributed by atoms with Crippen molar-refractivity contribution in [2.75, 3.05) is 5.73 Å². The predicted molar refractivity (Wildman–Crippen MR) is 110 cm³/mol. The van der Waals surface area contributed by atoms with Gasteiger partial charge in [0.15, 0.2) is 11.3 Å². The third-order valence-corrected chi connectivity index (χ3v) is 4.63. The normalized spacial score (nSPS) is 11.0. The Bertz CT molecular complexity index is 1260. The van der Waals surface area contributed by atoms with E-state index in [0.29, 0.717) is 29.3 Å². The molecule has 0 aliphatic rings. The summed E-state index contributed by atoms with van der Waals surface area (Å²) in [5.74, 6) is 0.892. The first-order valence-corrected chi connectivity index (χ1v) is 9.05. The molecule has 0 unspecified atom stereocenters. The van der Waals surface area contributed by atoms with Crippen LogP contribution in [-0.2, 0) is 6.61 Å². The molecule has 0 bridgehead atoms. The van der Waals surface area contributed by atoms with Gasteiger partial charge in [-0.2, -0.15) is 15.4 Å². The van der Waals surface area contributed by atoms with Crippen molar-refractivity contribution in [3.05, 3.63) is 72.4 Å². The Balaban J connectivity index is 1.36. The van der Waals surface area contributed by atoms with E-state index in [4.69, 9.17) is 10.5 Å². The third-order valence-electron chi connectivity index (χ3n) is 4.63. The number of nitrogens with zero attached hydrogens (tertiary/aromatic N) is 4. The average Bonchev–Trinajstić information content (AvgIpc) is 3.44. The lowest BCUT2D eigenvalue weighted by Crippen LogP contribution is -1.99. The number of H-pyrrole nitrogens is 2. The second-order valence-corrected chi connectivity index (χ2v) is 6.58. The van der Waals surface area contributed by atoms with E-state index in [2.05, 4.69) is 67.0 Å². The van der Waals surface area contributed by atoms with Crippen LogP contribution in [-0.4, -0.2) is 30.6 Å². The molecule has 0 radical (unpaired) electrons. The molecule has 0 fully saturated rings. The molecule has 0 amide bonds. The van der Waals surface area contributed by atoms with Crippen LogP contribution in [0.2, 0.25) is 0 Å². The number of fused-ring (bicyclic) bond motifs is 1. The molecule has 8 heteroatoms. The number of aromatic amines is 2. The highest BCUT2D eigenvalue weighted by Gasteiger charge is 2.10. The Hall–Kier alpha value is -4.20. The molecule has 3 aromatic heterocycles. The van der Waals surface area contributed by atoms with E-state index in [-0.39, 0.29) is 0 Å². The quantitative estimate of drug-likeness (QED) is 0.427. The van der Waals surface area contributed by atoms with Gasteiger partial charge in [0.2, 0.25) is 5.65 Å². The first kappa shape index (κ1) is 16.9. The lowest BCUT2D eigenvalue weighted by molar-refractivity contribution is 0.309. The summed E-state index contributed by atoms with van der Waals surface area (Å²) < 4.78 is 5.95. The van der Waals surface area contributed by atoms with Crippen LogP contribution in [0.1, 0.15) is 5.56 Å². The summed E-state index contributed by atoms with van der Waals surface area (Å²) in [7, 11) is 0. The number of nitrogens with two attached hydrogens (primary N) is 1. The Labute approximate surface area is 165 Å². The van der Waals surface area contributed by atoms with E-state index in [1.54, 1.807) is 12.3 Å². The molecule has 4 N–H and O–H groups in total. The molecule has 29 heavy (non-hydrogen) atoms. The summed E-state index contributed by atoms with van der Waals surface area (Å²) in [6.07, 6.45) is 1.75. The summed E-state index contributed by atoms with van der Waals surface area (Å²) in [4.78, 5) is 4.12. The molecule has 142 valence electrons. The molecule has 8 nitrogen and oxygen atoms in total. The summed E-state index contributed by atoms with van der Waals surface area (Å²) >= 11 is 0. The van der Waals surface area contributed by atoms with Crippen LogP contribution in [0.15, 0.2) is 66.9 Å². The van der Waals surface area contributed by atoms with Gasteiger partial charge in [-0.1, -0.05) is 42.5 Å². The van der Waals surface area contributed by atoms with Gasteiger partial charge in [0.05, 0.1) is 5.69 Å². The fourth-order valence-electron chi connectivity index (χ4n) is 3.20. The number of pyridine rings is 1. The Kier molecular flexibility index (Phi) is 4.14. The van der Waals surface area contributed by atoms with Crippen LogP contribution in [0.4, 0.5) is 5.82 Å². The third kappa shape index (κ3) is 3.39. The van der Waals surface area contributed by atoms with Crippen molar-refractivity contribution >= 4 is 17.0 Å². The van der Waals surface area contributed by atoms with Crippen LogP contribution in [0.5, 0.6) is 5.75 Å². The highest BCUT2D eigenvalue weighted by atomic mass is 16.5. The zero-order valence-corrected chi connectivity index (χ0v) is 15.3. The van der Waals surface area contributed by atoms with Crippen LogP contribution < -0.4 is 10.5 Å². The molecule has 0 spiro atoms. The van der Waals surface area contributed by atoms with Gasteiger partial charge in [0.25, 0.3) is 0 Å². The number of anilines is 1. The molecule has 0 saturated carbocycles. The number of aromatic nitrogens is 6. The molecule has 3 heterocycles. The zero-order valence-electron chi connectivity index (χ0n) is 15.3. The second-order valence-electron chi connectivity index (χ2n) is 6.58. The number of rotatable bonds is 5. The largest absolute Gasteiger partial charge is 0.486 e. The van der Waals surface area contributed by atoms with Crippen molar-refractivity contribution in [2.45, 2.75) is 6.61 Å². The molecule has 0 aliphatic heterocycles. The molecule has 5 aromatic rings. The van der Waals surface area contributed by atoms with Gasteiger partial charge < -0.3 is 10.5 Å². The lowest BCUT2D eigenvalue weighted by atomic mass is 10.0. The first-order chi connectivity index (χ1) is 14.3. The minimum Gasteiger partial charge on any atom is -0.486 e. The maximum atomic E-state index is 5.95. The standard InChI is InChI=1S/C21H17N7O/c22-19-11-18(20-21(24-19)27-28-26-20)29-12-13-2-1-3-16(10-13)14-4-6-15(7-5-14)17-8-9-23-25-17/h1-11H,12H2,(H,23,25)(H3,22,24,26,27,28). The molecular weight excluding hydrogens is 366 g/mol. The highest BCUT2D eigenvalue weighted by molar-refractivity contribution is 5.79. The Morgan fingerprint density at radius 2 is 1.76 bits per heavy atom. The number of hydrogen-bond acceptors (Lipinski definition) is 6. The van der Waals surface area contributed by atoms with E-state index in [0.717, 1.165) is 27.9 Å². The maximum absolute atomic E-state index is 5.95. The molecule has 2 aromatic carbocycles. The van der Waals surface area contributed by atoms with E-state index in [9.17, 15) is 0 Å². The van der Waals surface area contributed by atoms with Crippen LogP contribution in [0.3, 0.4) is 0 Å². The molecule has 0 aliphatic carbocycles. The zero-order chi connectivity index (χ0) is 19.6. The van der Waals surface area contributed by atoms with Gasteiger partial charge in [0, 0.05) is 12.3 Å². The van der Waals surface area contributed by atoms with Crippen molar-refractivity contribution in [3.8, 4) is 28.1 Å². The van der Waals surface area contributed by atoms with Gasteiger partial charge >= 0.3 is 0 Å². The van der Waals surface area contributed by atoms with Crippen LogP contribution in [0.25, 0.3) is 33.5 Å². The number of nitrogen functional groups attached to an aromatic ring is 1. The van der Waals surface area contributed by atoms with Gasteiger partial charge in [-0.05, 0) is 34.4 Å². The summed E-state index contributed by atoms with van der Waals surface area (Å²) in [5.41, 5.74) is 12.2. The van der Waals surface area contributed by atoms with Crippen LogP contribution in [0, 0.1) is 0 Å². The van der Waals surface area contributed by atoms with Gasteiger partial charge in [-0.3, -0.25) is 5.10 Å². The molecule has 5 rings (SSSR count). The number of ether oxygens (including phenoxy) is 1. The van der Waals surface area contributed by atoms with E-state index < -0.39 is 0 Å². The molecule has 0 saturated heterocycles. The number of nitrogens with one attached hydrogen (secondary N) is 2. The van der Waals surface area contributed by atoms with E-state index >= 15 is 0 Å². The Morgan fingerprint density at radius 1 is 0.897 bits per heavy atom. The first-order valence-electron chi connectivity index (χ1n) is 9.05. The van der Waals surface area contributed by atoms with Gasteiger partial charge in [0.1, 0.15) is 12.4 Å². The lowest BCUT2D eigenvalue weighted by Gasteiger charge is -2.09. The topological polar surface area (TPSA) is 118 Å². The average molecular weight is 383 g/mol. The summed E-state index contributed by atoms with van der Waals surface area (Å²) in [6, 6.07) is 20.2. The van der Waals surface area contributed by atoms with Crippen molar-refractivity contribution < 1.29 is 4.74 Å². The fourth-order valence-corrected chi connectivity index (χ4v) is 3.20. The van der Waals surface area contributed by atoms with Crippen molar-refractivity contribution in [1.82, 2.24) is 30.6 Å². The predicted octanol–water partition coefficient (Wildman–Crippen LogP) is 3.57. The smallest absolute Gasteiger partial charge is 0.207 e. The second kappa shape index (κ2) is 7.08.